The minimum atomic E-state index is -1.84. The fourth-order valence-electron chi connectivity index (χ4n) is 2.93. The number of nitrogens with one attached hydrogen (secondary N) is 1. The molecular formula is C15H28N2O4. The lowest BCUT2D eigenvalue weighted by Crippen LogP contribution is -2.76. The molecule has 6 heteroatoms. The van der Waals surface area contributed by atoms with Crippen LogP contribution in [-0.2, 0) is 9.53 Å². The Balaban J connectivity index is 3.09. The molecule has 1 fully saturated rings. The van der Waals surface area contributed by atoms with E-state index in [0.717, 1.165) is 6.42 Å². The van der Waals surface area contributed by atoms with Crippen LogP contribution >= 0.6 is 0 Å². The number of alkyl carbamates (subject to hydrolysis) is 1. The molecule has 0 aromatic heterocycles. The van der Waals surface area contributed by atoms with Crippen LogP contribution in [0.1, 0.15) is 60.8 Å². The Morgan fingerprint density at radius 3 is 1.86 bits per heavy atom. The van der Waals surface area contributed by atoms with Crippen molar-refractivity contribution in [1.29, 1.82) is 0 Å². The summed E-state index contributed by atoms with van der Waals surface area (Å²) in [5.74, 6) is -0.828. The van der Waals surface area contributed by atoms with Crippen molar-refractivity contribution >= 4 is 12.0 Å². The Morgan fingerprint density at radius 1 is 1.14 bits per heavy atom. The zero-order chi connectivity index (χ0) is 16.7. The van der Waals surface area contributed by atoms with E-state index in [4.69, 9.17) is 10.5 Å². The van der Waals surface area contributed by atoms with Crippen molar-refractivity contribution in [3.8, 4) is 0 Å². The Labute approximate surface area is 126 Å². The van der Waals surface area contributed by atoms with Gasteiger partial charge in [0.05, 0.1) is 5.54 Å². The monoisotopic (exact) mass is 300 g/mol. The molecule has 0 aromatic carbocycles. The summed E-state index contributed by atoms with van der Waals surface area (Å²) in [6, 6.07) is 0. The van der Waals surface area contributed by atoms with Crippen molar-refractivity contribution in [3.63, 3.8) is 0 Å². The molecule has 0 bridgehead atoms. The molecular weight excluding hydrogens is 272 g/mol. The molecule has 0 heterocycles. The van der Waals surface area contributed by atoms with Gasteiger partial charge in [-0.1, -0.05) is 20.8 Å². The summed E-state index contributed by atoms with van der Waals surface area (Å²) < 4.78 is 5.24. The lowest BCUT2D eigenvalue weighted by Gasteiger charge is -2.56. The van der Waals surface area contributed by atoms with Crippen LogP contribution in [0.4, 0.5) is 4.79 Å². The molecule has 122 valence electrons. The average molecular weight is 300 g/mol. The van der Waals surface area contributed by atoms with Gasteiger partial charge in [-0.25, -0.2) is 4.79 Å². The molecule has 4 N–H and O–H groups in total. The van der Waals surface area contributed by atoms with Crippen LogP contribution in [0.3, 0.4) is 0 Å². The highest BCUT2D eigenvalue weighted by Gasteiger charge is 2.64. The number of primary amides is 1. The fourth-order valence-corrected chi connectivity index (χ4v) is 2.93. The number of aliphatic hydroxyl groups is 1. The Kier molecular flexibility index (Phi) is 4.36. The van der Waals surface area contributed by atoms with Crippen molar-refractivity contribution in [3.05, 3.63) is 0 Å². The van der Waals surface area contributed by atoms with E-state index in [1.54, 1.807) is 41.5 Å². The van der Waals surface area contributed by atoms with Crippen molar-refractivity contribution in [2.24, 2.45) is 11.1 Å². The maximum atomic E-state index is 12.1. The lowest BCUT2D eigenvalue weighted by molar-refractivity contribution is -0.176. The van der Waals surface area contributed by atoms with Crippen LogP contribution in [0.25, 0.3) is 0 Å². The maximum Gasteiger partial charge on any atom is 0.408 e. The molecule has 1 atom stereocenters. The first kappa shape index (κ1) is 17.8. The highest BCUT2D eigenvalue weighted by atomic mass is 16.6. The standard InChI is InChI=1S/C15H28N2O4/c1-12(2,3)15(20,10(16)18)14(8-7-9-14)17-11(19)21-13(4,5)6/h20H,7-9H2,1-6H3,(H2,16,18)(H,17,19). The third-order valence-corrected chi connectivity index (χ3v) is 4.08. The van der Waals surface area contributed by atoms with Gasteiger partial charge < -0.3 is 20.9 Å². The molecule has 2 amide bonds. The SMILES string of the molecule is CC(C)(C)OC(=O)NC1(C(O)(C(N)=O)C(C)(C)C)CCC1. The molecule has 0 spiro atoms. The minimum absolute atomic E-state index is 0.489. The maximum absolute atomic E-state index is 12.1. The van der Waals surface area contributed by atoms with Crippen LogP contribution in [0.5, 0.6) is 0 Å². The summed E-state index contributed by atoms with van der Waals surface area (Å²) >= 11 is 0. The zero-order valence-corrected chi connectivity index (χ0v) is 13.9. The smallest absolute Gasteiger partial charge is 0.408 e. The van der Waals surface area contributed by atoms with Crippen molar-refractivity contribution in [2.75, 3.05) is 0 Å². The molecule has 6 nitrogen and oxygen atoms in total. The summed E-state index contributed by atoms with van der Waals surface area (Å²) in [5, 5.41) is 13.7. The highest BCUT2D eigenvalue weighted by molar-refractivity contribution is 5.87. The number of ether oxygens (including phenoxy) is 1. The number of amides is 2. The molecule has 21 heavy (non-hydrogen) atoms. The quantitative estimate of drug-likeness (QED) is 0.738. The molecule has 1 aliphatic rings. The summed E-state index contributed by atoms with van der Waals surface area (Å²) in [4.78, 5) is 24.0. The van der Waals surface area contributed by atoms with Gasteiger partial charge in [0.15, 0.2) is 5.60 Å². The van der Waals surface area contributed by atoms with E-state index in [1.807, 2.05) is 0 Å². The third kappa shape index (κ3) is 3.15. The van der Waals surface area contributed by atoms with Gasteiger partial charge in [0.1, 0.15) is 5.60 Å². The molecule has 1 aliphatic carbocycles. The Bertz CT molecular complexity index is 430. The van der Waals surface area contributed by atoms with Gasteiger partial charge >= 0.3 is 6.09 Å². The second-order valence-corrected chi connectivity index (χ2v) is 7.89. The number of nitrogens with two attached hydrogens (primary N) is 1. The van der Waals surface area contributed by atoms with E-state index < -0.39 is 34.2 Å². The molecule has 1 rings (SSSR count). The first-order chi connectivity index (χ1) is 9.25. The second-order valence-electron chi connectivity index (χ2n) is 7.89. The fraction of sp³-hybridized carbons (Fsp3) is 0.867. The average Bonchev–Trinajstić information content (AvgIpc) is 2.17. The zero-order valence-electron chi connectivity index (χ0n) is 13.9. The number of carbonyl (C=O) groups excluding carboxylic acids is 2. The number of carbonyl (C=O) groups is 2. The van der Waals surface area contributed by atoms with Gasteiger partial charge in [-0.15, -0.1) is 0 Å². The van der Waals surface area contributed by atoms with E-state index in [0.29, 0.717) is 12.8 Å². The molecule has 0 aromatic rings. The Morgan fingerprint density at radius 2 is 1.62 bits per heavy atom. The van der Waals surface area contributed by atoms with Gasteiger partial charge in [0, 0.05) is 5.41 Å². The van der Waals surface area contributed by atoms with Crippen LogP contribution < -0.4 is 11.1 Å². The van der Waals surface area contributed by atoms with E-state index in [9.17, 15) is 14.7 Å². The van der Waals surface area contributed by atoms with Gasteiger partial charge in [-0.2, -0.15) is 0 Å². The topological polar surface area (TPSA) is 102 Å². The van der Waals surface area contributed by atoms with E-state index >= 15 is 0 Å². The van der Waals surface area contributed by atoms with Crippen molar-refractivity contribution in [2.45, 2.75) is 77.5 Å². The molecule has 0 aliphatic heterocycles. The van der Waals surface area contributed by atoms with E-state index in [1.165, 1.54) is 0 Å². The molecule has 1 saturated carbocycles. The predicted molar refractivity (Wildman–Crippen MR) is 79.6 cm³/mol. The number of hydrogen-bond acceptors (Lipinski definition) is 4. The minimum Gasteiger partial charge on any atom is -0.444 e. The second kappa shape index (κ2) is 5.16. The number of hydrogen-bond donors (Lipinski definition) is 3. The van der Waals surface area contributed by atoms with Crippen LogP contribution in [-0.4, -0.2) is 33.8 Å². The predicted octanol–water partition coefficient (Wildman–Crippen LogP) is 1.70. The first-order valence-electron chi connectivity index (χ1n) is 7.29. The first-order valence-corrected chi connectivity index (χ1v) is 7.29. The normalized spacial score (nSPS) is 20.9. The number of rotatable bonds is 3. The third-order valence-electron chi connectivity index (χ3n) is 4.08. The summed E-state index contributed by atoms with van der Waals surface area (Å²) in [7, 11) is 0. The molecule has 1 unspecified atom stereocenters. The van der Waals surface area contributed by atoms with Gasteiger partial charge in [0.25, 0.3) is 5.91 Å². The molecule has 0 radical (unpaired) electrons. The van der Waals surface area contributed by atoms with E-state index in [2.05, 4.69) is 5.32 Å². The summed E-state index contributed by atoms with van der Waals surface area (Å²) in [6.45, 7) is 10.5. The largest absolute Gasteiger partial charge is 0.444 e. The van der Waals surface area contributed by atoms with Gasteiger partial charge in [0.2, 0.25) is 0 Å². The lowest BCUT2D eigenvalue weighted by atomic mass is 9.56. The van der Waals surface area contributed by atoms with Crippen molar-refractivity contribution < 1.29 is 19.4 Å². The highest BCUT2D eigenvalue weighted by Crippen LogP contribution is 2.49. The summed E-state index contributed by atoms with van der Waals surface area (Å²) in [5.41, 5.74) is 1.10. The van der Waals surface area contributed by atoms with Crippen molar-refractivity contribution in [1.82, 2.24) is 5.32 Å². The summed E-state index contributed by atoms with van der Waals surface area (Å²) in [6.07, 6.45) is 1.14. The Hall–Kier alpha value is -1.30. The van der Waals surface area contributed by atoms with Gasteiger partial charge in [-0.05, 0) is 40.0 Å². The van der Waals surface area contributed by atoms with Gasteiger partial charge in [-0.3, -0.25) is 4.79 Å². The van der Waals surface area contributed by atoms with Crippen LogP contribution in [0.15, 0.2) is 0 Å². The van der Waals surface area contributed by atoms with E-state index in [-0.39, 0.29) is 0 Å². The molecule has 0 saturated heterocycles. The van der Waals surface area contributed by atoms with Crippen LogP contribution in [0, 0.1) is 5.41 Å². The van der Waals surface area contributed by atoms with Crippen LogP contribution in [0.2, 0.25) is 0 Å².